The zero-order valence-corrected chi connectivity index (χ0v) is 13.1. The number of aliphatic hydroxyl groups excluding tert-OH is 1. The zero-order chi connectivity index (χ0) is 15.8. The van der Waals surface area contributed by atoms with Crippen LogP contribution >= 0.6 is 0 Å². The van der Waals surface area contributed by atoms with E-state index in [4.69, 9.17) is 0 Å². The van der Waals surface area contributed by atoms with E-state index < -0.39 is 0 Å². The third-order valence-electron chi connectivity index (χ3n) is 3.77. The molecule has 1 aromatic carbocycles. The Labute approximate surface area is 132 Å². The summed E-state index contributed by atoms with van der Waals surface area (Å²) in [6, 6.07) is 12.7. The molecule has 22 heavy (non-hydrogen) atoms. The Kier molecular flexibility index (Phi) is 6.31. The molecule has 0 aliphatic heterocycles. The Morgan fingerprint density at radius 3 is 2.64 bits per heavy atom. The number of aliphatic hydroxyl groups is 1. The summed E-state index contributed by atoms with van der Waals surface area (Å²) in [7, 11) is 0. The molecule has 0 aliphatic rings. The second-order valence-electron chi connectivity index (χ2n) is 5.51. The molecule has 1 aromatic heterocycles. The molecule has 3 heteroatoms. The molecular formula is C19H24N2O. The van der Waals surface area contributed by atoms with Gasteiger partial charge in [0.1, 0.15) is 0 Å². The van der Waals surface area contributed by atoms with Crippen LogP contribution in [-0.2, 0) is 0 Å². The largest absolute Gasteiger partial charge is 0.392 e. The molecule has 3 nitrogen and oxygen atoms in total. The summed E-state index contributed by atoms with van der Waals surface area (Å²) in [6.45, 7) is 6.38. The summed E-state index contributed by atoms with van der Waals surface area (Å²) in [5, 5.41) is 13.2. The Hall–Kier alpha value is -1.97. The number of hydrogen-bond donors (Lipinski definition) is 2. The van der Waals surface area contributed by atoms with Crippen molar-refractivity contribution in [1.29, 1.82) is 0 Å². The lowest BCUT2D eigenvalue weighted by atomic mass is 10.0. The molecule has 0 radical (unpaired) electrons. The molecule has 116 valence electrons. The van der Waals surface area contributed by atoms with E-state index in [1.54, 1.807) is 6.20 Å². The van der Waals surface area contributed by atoms with Crippen LogP contribution in [0.2, 0.25) is 0 Å². The van der Waals surface area contributed by atoms with E-state index in [-0.39, 0.29) is 12.1 Å². The molecular weight excluding hydrogens is 272 g/mol. The number of nitrogens with one attached hydrogen (secondary N) is 1. The van der Waals surface area contributed by atoms with E-state index in [0.717, 1.165) is 24.0 Å². The first-order valence-electron chi connectivity index (χ1n) is 7.73. The van der Waals surface area contributed by atoms with Gasteiger partial charge in [0.2, 0.25) is 0 Å². The van der Waals surface area contributed by atoms with Crippen molar-refractivity contribution in [2.75, 3.05) is 6.54 Å². The lowest BCUT2D eigenvalue weighted by Gasteiger charge is -2.17. The highest BCUT2D eigenvalue weighted by atomic mass is 16.3. The molecule has 2 aromatic rings. The summed E-state index contributed by atoms with van der Waals surface area (Å²) in [6.07, 6.45) is 6.76. The smallest absolute Gasteiger partial charge is 0.0667 e. The van der Waals surface area contributed by atoms with Gasteiger partial charge in [-0.15, -0.1) is 6.58 Å². The molecule has 2 N–H and O–H groups in total. The van der Waals surface area contributed by atoms with Crippen LogP contribution in [0.1, 0.15) is 31.4 Å². The van der Waals surface area contributed by atoms with Gasteiger partial charge in [0, 0.05) is 25.0 Å². The molecule has 0 saturated carbocycles. The van der Waals surface area contributed by atoms with Gasteiger partial charge in [0.25, 0.3) is 0 Å². The topological polar surface area (TPSA) is 45.1 Å². The molecule has 1 heterocycles. The summed E-state index contributed by atoms with van der Waals surface area (Å²) in [5.74, 6) is 0. The fourth-order valence-electron chi connectivity index (χ4n) is 2.34. The van der Waals surface area contributed by atoms with Crippen LogP contribution in [0.5, 0.6) is 0 Å². The van der Waals surface area contributed by atoms with Gasteiger partial charge in [-0.05, 0) is 42.5 Å². The van der Waals surface area contributed by atoms with Gasteiger partial charge >= 0.3 is 0 Å². The van der Waals surface area contributed by atoms with Crippen LogP contribution in [0.3, 0.4) is 0 Å². The van der Waals surface area contributed by atoms with Crippen molar-refractivity contribution in [2.24, 2.45) is 0 Å². The predicted molar refractivity (Wildman–Crippen MR) is 91.5 cm³/mol. The lowest BCUT2D eigenvalue weighted by Crippen LogP contribution is -2.28. The van der Waals surface area contributed by atoms with Crippen LogP contribution in [0, 0.1) is 0 Å². The van der Waals surface area contributed by atoms with E-state index in [1.807, 2.05) is 18.3 Å². The van der Waals surface area contributed by atoms with E-state index in [9.17, 15) is 5.11 Å². The van der Waals surface area contributed by atoms with Crippen LogP contribution in [0.4, 0.5) is 0 Å². The normalized spacial score (nSPS) is 13.5. The van der Waals surface area contributed by atoms with Crippen LogP contribution < -0.4 is 5.32 Å². The average Bonchev–Trinajstić information content (AvgIpc) is 2.58. The van der Waals surface area contributed by atoms with Gasteiger partial charge in [-0.25, -0.2) is 0 Å². The summed E-state index contributed by atoms with van der Waals surface area (Å²) in [4.78, 5) is 4.14. The van der Waals surface area contributed by atoms with Gasteiger partial charge in [-0.1, -0.05) is 36.4 Å². The molecule has 0 fully saturated rings. The SMILES string of the molecule is C=CCCC(O)CNC(C)c1ccc(-c2cccnc2)cc1. The second-order valence-corrected chi connectivity index (χ2v) is 5.51. The number of pyridine rings is 1. The molecule has 2 unspecified atom stereocenters. The quantitative estimate of drug-likeness (QED) is 0.730. The van der Waals surface area contributed by atoms with Crippen molar-refractivity contribution in [2.45, 2.75) is 31.9 Å². The van der Waals surface area contributed by atoms with Gasteiger partial charge in [-0.3, -0.25) is 4.98 Å². The molecule has 0 bridgehead atoms. The summed E-state index contributed by atoms with van der Waals surface area (Å²) in [5.41, 5.74) is 3.49. The fourth-order valence-corrected chi connectivity index (χ4v) is 2.34. The van der Waals surface area contributed by atoms with Crippen molar-refractivity contribution < 1.29 is 5.11 Å². The molecule has 0 spiro atoms. The maximum absolute atomic E-state index is 9.85. The first kappa shape index (κ1) is 16.4. The van der Waals surface area contributed by atoms with Crippen LogP contribution in [0.15, 0.2) is 61.4 Å². The van der Waals surface area contributed by atoms with E-state index in [1.165, 1.54) is 5.56 Å². The van der Waals surface area contributed by atoms with E-state index in [0.29, 0.717) is 6.54 Å². The maximum Gasteiger partial charge on any atom is 0.0667 e. The number of aromatic nitrogens is 1. The lowest BCUT2D eigenvalue weighted by molar-refractivity contribution is 0.159. The van der Waals surface area contributed by atoms with Crippen molar-refractivity contribution in [3.63, 3.8) is 0 Å². The number of hydrogen-bond acceptors (Lipinski definition) is 3. The Balaban J connectivity index is 1.91. The standard InChI is InChI=1S/C19H24N2O/c1-3-4-7-19(22)14-21-15(2)16-8-10-17(11-9-16)18-6-5-12-20-13-18/h3,5-6,8-13,15,19,21-22H,1,4,7,14H2,2H3. The van der Waals surface area contributed by atoms with Crippen molar-refractivity contribution in [3.8, 4) is 11.1 Å². The zero-order valence-electron chi connectivity index (χ0n) is 13.1. The van der Waals surface area contributed by atoms with Gasteiger partial charge in [0.05, 0.1) is 6.10 Å². The molecule has 2 rings (SSSR count). The maximum atomic E-state index is 9.85. The minimum absolute atomic E-state index is 0.210. The van der Waals surface area contributed by atoms with E-state index in [2.05, 4.69) is 54.1 Å². The second kappa shape index (κ2) is 8.47. The average molecular weight is 296 g/mol. The van der Waals surface area contributed by atoms with Crippen LogP contribution in [0.25, 0.3) is 11.1 Å². The van der Waals surface area contributed by atoms with Gasteiger partial charge in [-0.2, -0.15) is 0 Å². The highest BCUT2D eigenvalue weighted by molar-refractivity contribution is 5.62. The van der Waals surface area contributed by atoms with Crippen molar-refractivity contribution in [1.82, 2.24) is 10.3 Å². The highest BCUT2D eigenvalue weighted by Crippen LogP contribution is 2.21. The monoisotopic (exact) mass is 296 g/mol. The highest BCUT2D eigenvalue weighted by Gasteiger charge is 2.08. The number of nitrogens with zero attached hydrogens (tertiary/aromatic N) is 1. The Bertz CT molecular complexity index is 566. The van der Waals surface area contributed by atoms with Crippen LogP contribution in [-0.4, -0.2) is 22.7 Å². The third-order valence-corrected chi connectivity index (χ3v) is 3.77. The minimum Gasteiger partial charge on any atom is -0.392 e. The first-order chi connectivity index (χ1) is 10.7. The third kappa shape index (κ3) is 4.79. The van der Waals surface area contributed by atoms with Gasteiger partial charge in [0.15, 0.2) is 0 Å². The van der Waals surface area contributed by atoms with Crippen molar-refractivity contribution in [3.05, 3.63) is 67.0 Å². The Morgan fingerprint density at radius 2 is 2.00 bits per heavy atom. The number of allylic oxidation sites excluding steroid dienone is 1. The molecule has 0 amide bonds. The number of rotatable bonds is 8. The van der Waals surface area contributed by atoms with E-state index >= 15 is 0 Å². The van der Waals surface area contributed by atoms with Crippen molar-refractivity contribution >= 4 is 0 Å². The number of benzene rings is 1. The first-order valence-corrected chi connectivity index (χ1v) is 7.73. The Morgan fingerprint density at radius 1 is 1.23 bits per heavy atom. The predicted octanol–water partition coefficient (Wildman–Crippen LogP) is 3.73. The molecule has 0 aliphatic carbocycles. The molecule has 0 saturated heterocycles. The fraction of sp³-hybridized carbons (Fsp3) is 0.316. The minimum atomic E-state index is -0.324. The summed E-state index contributed by atoms with van der Waals surface area (Å²) < 4.78 is 0. The van der Waals surface area contributed by atoms with Gasteiger partial charge < -0.3 is 10.4 Å². The molecule has 2 atom stereocenters. The summed E-state index contributed by atoms with van der Waals surface area (Å²) >= 11 is 0.